The Kier molecular flexibility index (Phi) is 3.64. The van der Waals surface area contributed by atoms with Crippen molar-refractivity contribution in [3.8, 4) is 17.3 Å². The highest BCUT2D eigenvalue weighted by molar-refractivity contribution is 5.72. The molecule has 0 bridgehead atoms. The summed E-state index contributed by atoms with van der Waals surface area (Å²) in [6, 6.07) is 7.98. The Morgan fingerprint density at radius 1 is 1.16 bits per heavy atom. The summed E-state index contributed by atoms with van der Waals surface area (Å²) in [6.07, 6.45) is 1.74. The highest BCUT2D eigenvalue weighted by Gasteiger charge is 2.12. The fraction of sp³-hybridized carbons (Fsp3) is 0.250. The van der Waals surface area contributed by atoms with Gasteiger partial charge in [-0.3, -0.25) is 4.98 Å². The van der Waals surface area contributed by atoms with Crippen LogP contribution in [0.25, 0.3) is 11.3 Å². The van der Waals surface area contributed by atoms with Crippen molar-refractivity contribution in [2.45, 2.75) is 27.4 Å². The topological polar surface area (TPSA) is 56.9 Å². The van der Waals surface area contributed by atoms with Gasteiger partial charge in [0.25, 0.3) is 0 Å². The van der Waals surface area contributed by atoms with E-state index in [1.165, 1.54) is 0 Å². The lowest BCUT2D eigenvalue weighted by Gasteiger charge is -2.11. The first kappa shape index (κ1) is 13.3. The van der Waals surface area contributed by atoms with E-state index in [9.17, 15) is 10.4 Å². The molecule has 0 saturated heterocycles. The van der Waals surface area contributed by atoms with E-state index in [0.29, 0.717) is 5.56 Å². The minimum absolute atomic E-state index is 0.0197. The number of aryl methyl sites for hydroxylation is 3. The van der Waals surface area contributed by atoms with Crippen LogP contribution in [-0.2, 0) is 6.61 Å². The molecule has 0 atom stereocenters. The smallest absolute Gasteiger partial charge is 0.0998 e. The van der Waals surface area contributed by atoms with E-state index in [1.807, 2.05) is 39.0 Å². The average molecular weight is 252 g/mol. The molecule has 1 aromatic heterocycles. The maximum atomic E-state index is 9.34. The van der Waals surface area contributed by atoms with Crippen LogP contribution in [0, 0.1) is 32.1 Å². The van der Waals surface area contributed by atoms with Gasteiger partial charge in [-0.15, -0.1) is 0 Å². The Morgan fingerprint density at radius 2 is 1.89 bits per heavy atom. The van der Waals surface area contributed by atoms with E-state index in [1.54, 1.807) is 6.20 Å². The molecule has 2 rings (SSSR count). The standard InChI is InChI=1S/C16H16N2O/c1-10-4-11(2)16(13(5-10)7-17)15-6-14(9-19)12(3)8-18-15/h4-6,8,19H,9H2,1-3H3. The van der Waals surface area contributed by atoms with E-state index < -0.39 is 0 Å². The van der Waals surface area contributed by atoms with Gasteiger partial charge in [0.05, 0.1) is 23.9 Å². The normalized spacial score (nSPS) is 10.3. The van der Waals surface area contributed by atoms with Crippen LogP contribution >= 0.6 is 0 Å². The van der Waals surface area contributed by atoms with Gasteiger partial charge in [-0.2, -0.15) is 5.26 Å². The average Bonchev–Trinajstić information content (AvgIpc) is 2.39. The largest absolute Gasteiger partial charge is 0.392 e. The highest BCUT2D eigenvalue weighted by Crippen LogP contribution is 2.28. The van der Waals surface area contributed by atoms with Crippen LogP contribution in [0.4, 0.5) is 0 Å². The predicted molar refractivity (Wildman–Crippen MR) is 74.5 cm³/mol. The minimum atomic E-state index is -0.0197. The van der Waals surface area contributed by atoms with E-state index in [0.717, 1.165) is 33.5 Å². The zero-order chi connectivity index (χ0) is 14.0. The van der Waals surface area contributed by atoms with Crippen molar-refractivity contribution in [3.05, 3.63) is 52.2 Å². The summed E-state index contributed by atoms with van der Waals surface area (Å²) in [4.78, 5) is 4.39. The van der Waals surface area contributed by atoms with E-state index in [4.69, 9.17) is 0 Å². The fourth-order valence-electron chi connectivity index (χ4n) is 2.27. The van der Waals surface area contributed by atoms with Gasteiger partial charge in [-0.05, 0) is 55.2 Å². The Labute approximate surface area is 113 Å². The molecule has 0 unspecified atom stereocenters. The predicted octanol–water partition coefficient (Wildman–Crippen LogP) is 3.04. The van der Waals surface area contributed by atoms with Crippen molar-refractivity contribution >= 4 is 0 Å². The Bertz CT molecular complexity index is 669. The molecule has 0 amide bonds. The summed E-state index contributed by atoms with van der Waals surface area (Å²) >= 11 is 0. The van der Waals surface area contributed by atoms with Gasteiger partial charge in [-0.1, -0.05) is 6.07 Å². The van der Waals surface area contributed by atoms with Gasteiger partial charge < -0.3 is 5.11 Å². The molecule has 0 aliphatic heterocycles. The lowest BCUT2D eigenvalue weighted by atomic mass is 9.95. The third-order valence-electron chi connectivity index (χ3n) is 3.24. The molecule has 1 aromatic carbocycles. The molecule has 0 saturated carbocycles. The Morgan fingerprint density at radius 3 is 2.53 bits per heavy atom. The SMILES string of the molecule is Cc1cc(C)c(-c2cc(CO)c(C)cn2)c(C#N)c1. The fourth-order valence-corrected chi connectivity index (χ4v) is 2.27. The number of hydrogen-bond acceptors (Lipinski definition) is 3. The van der Waals surface area contributed by atoms with E-state index in [2.05, 4.69) is 11.1 Å². The van der Waals surface area contributed by atoms with E-state index >= 15 is 0 Å². The molecular formula is C16H16N2O. The van der Waals surface area contributed by atoms with Gasteiger partial charge in [-0.25, -0.2) is 0 Å². The lowest BCUT2D eigenvalue weighted by Crippen LogP contribution is -1.97. The molecule has 0 aliphatic carbocycles. The van der Waals surface area contributed by atoms with Gasteiger partial charge >= 0.3 is 0 Å². The number of pyridine rings is 1. The van der Waals surface area contributed by atoms with Crippen molar-refractivity contribution in [2.24, 2.45) is 0 Å². The quantitative estimate of drug-likeness (QED) is 0.893. The second-order valence-corrected chi connectivity index (χ2v) is 4.77. The van der Waals surface area contributed by atoms with Crippen LogP contribution in [0.5, 0.6) is 0 Å². The number of aliphatic hydroxyl groups is 1. The van der Waals surface area contributed by atoms with Crippen molar-refractivity contribution in [2.75, 3.05) is 0 Å². The molecule has 0 spiro atoms. The summed E-state index contributed by atoms with van der Waals surface area (Å²) in [6.45, 7) is 5.84. The number of rotatable bonds is 2. The molecular weight excluding hydrogens is 236 g/mol. The lowest BCUT2D eigenvalue weighted by molar-refractivity contribution is 0.281. The zero-order valence-corrected chi connectivity index (χ0v) is 11.4. The van der Waals surface area contributed by atoms with Crippen molar-refractivity contribution in [1.29, 1.82) is 5.26 Å². The van der Waals surface area contributed by atoms with Gasteiger partial charge in [0.2, 0.25) is 0 Å². The van der Waals surface area contributed by atoms with Gasteiger partial charge in [0.1, 0.15) is 0 Å². The van der Waals surface area contributed by atoms with Crippen LogP contribution in [-0.4, -0.2) is 10.1 Å². The van der Waals surface area contributed by atoms with Crippen molar-refractivity contribution in [1.82, 2.24) is 4.98 Å². The summed E-state index contributed by atoms with van der Waals surface area (Å²) in [5.41, 5.74) is 6.09. The zero-order valence-electron chi connectivity index (χ0n) is 11.4. The van der Waals surface area contributed by atoms with Gasteiger partial charge in [0.15, 0.2) is 0 Å². The molecule has 96 valence electrons. The van der Waals surface area contributed by atoms with Crippen LogP contribution < -0.4 is 0 Å². The number of nitrogens with zero attached hydrogens (tertiary/aromatic N) is 2. The first-order valence-electron chi connectivity index (χ1n) is 6.15. The molecule has 0 aliphatic rings. The number of benzene rings is 1. The Hall–Kier alpha value is -2.18. The first-order valence-corrected chi connectivity index (χ1v) is 6.15. The molecule has 1 N–H and O–H groups in total. The summed E-state index contributed by atoms with van der Waals surface area (Å²) in [5, 5.41) is 18.6. The van der Waals surface area contributed by atoms with Crippen LogP contribution in [0.1, 0.15) is 27.8 Å². The first-order chi connectivity index (χ1) is 9.06. The molecule has 3 nitrogen and oxygen atoms in total. The third kappa shape index (κ3) is 2.49. The molecule has 0 fully saturated rings. The second-order valence-electron chi connectivity index (χ2n) is 4.77. The summed E-state index contributed by atoms with van der Waals surface area (Å²) in [7, 11) is 0. The van der Waals surface area contributed by atoms with Gasteiger partial charge in [0, 0.05) is 11.8 Å². The number of aliphatic hydroxyl groups excluding tert-OH is 1. The minimum Gasteiger partial charge on any atom is -0.392 e. The number of nitriles is 1. The maximum Gasteiger partial charge on any atom is 0.0998 e. The monoisotopic (exact) mass is 252 g/mol. The molecule has 1 heterocycles. The molecule has 2 aromatic rings. The van der Waals surface area contributed by atoms with Crippen LogP contribution in [0.15, 0.2) is 24.4 Å². The summed E-state index contributed by atoms with van der Waals surface area (Å²) in [5.74, 6) is 0. The van der Waals surface area contributed by atoms with Crippen LogP contribution in [0.3, 0.4) is 0 Å². The third-order valence-corrected chi connectivity index (χ3v) is 3.24. The van der Waals surface area contributed by atoms with Crippen LogP contribution in [0.2, 0.25) is 0 Å². The number of hydrogen-bond donors (Lipinski definition) is 1. The summed E-state index contributed by atoms with van der Waals surface area (Å²) < 4.78 is 0. The Balaban J connectivity index is 2.69. The molecule has 19 heavy (non-hydrogen) atoms. The number of aromatic nitrogens is 1. The molecule has 0 radical (unpaired) electrons. The van der Waals surface area contributed by atoms with Crippen molar-refractivity contribution in [3.63, 3.8) is 0 Å². The highest BCUT2D eigenvalue weighted by atomic mass is 16.3. The van der Waals surface area contributed by atoms with E-state index in [-0.39, 0.29) is 6.61 Å². The maximum absolute atomic E-state index is 9.34. The van der Waals surface area contributed by atoms with Crippen molar-refractivity contribution < 1.29 is 5.11 Å². The second kappa shape index (κ2) is 5.21. The molecule has 3 heteroatoms.